The fourth-order valence-electron chi connectivity index (χ4n) is 1.60. The number of carbonyl (C=O) groups excluding carboxylic acids is 1. The smallest absolute Gasteiger partial charge is 0.407 e. The van der Waals surface area contributed by atoms with E-state index in [1.54, 1.807) is 0 Å². The second kappa shape index (κ2) is 8.12. The van der Waals surface area contributed by atoms with Gasteiger partial charge in [-0.25, -0.2) is 4.79 Å². The van der Waals surface area contributed by atoms with Crippen LogP contribution >= 0.6 is 11.6 Å². The highest BCUT2D eigenvalue weighted by atomic mass is 35.5. The van der Waals surface area contributed by atoms with Crippen molar-refractivity contribution in [2.45, 2.75) is 39.3 Å². The summed E-state index contributed by atoms with van der Waals surface area (Å²) in [5.74, 6) is 0. The summed E-state index contributed by atoms with van der Waals surface area (Å²) in [5.41, 5.74) is 0.701. The van der Waals surface area contributed by atoms with E-state index in [1.165, 1.54) is 0 Å². The van der Waals surface area contributed by atoms with E-state index < -0.39 is 5.60 Å². The minimum atomic E-state index is -0.449. The molecule has 0 saturated heterocycles. The summed E-state index contributed by atoms with van der Waals surface area (Å²) < 4.78 is 5.14. The van der Waals surface area contributed by atoms with Gasteiger partial charge < -0.3 is 15.4 Å². The van der Waals surface area contributed by atoms with Crippen molar-refractivity contribution >= 4 is 17.7 Å². The lowest BCUT2D eigenvalue weighted by atomic mass is 10.2. The van der Waals surface area contributed by atoms with Crippen LogP contribution in [0.2, 0.25) is 5.02 Å². The van der Waals surface area contributed by atoms with Gasteiger partial charge in [-0.15, -0.1) is 0 Å². The van der Waals surface area contributed by atoms with E-state index in [-0.39, 0.29) is 6.09 Å². The average molecular weight is 299 g/mol. The number of ether oxygens (including phenoxy) is 1. The molecule has 0 atom stereocenters. The molecule has 112 valence electrons. The largest absolute Gasteiger partial charge is 0.444 e. The zero-order valence-electron chi connectivity index (χ0n) is 12.3. The third kappa shape index (κ3) is 8.02. The number of nitrogens with one attached hydrogen (secondary N) is 2. The van der Waals surface area contributed by atoms with Crippen LogP contribution in [0.4, 0.5) is 4.79 Å². The van der Waals surface area contributed by atoms with Crippen LogP contribution in [0.5, 0.6) is 0 Å². The van der Waals surface area contributed by atoms with Crippen LogP contribution in [0.1, 0.15) is 32.8 Å². The number of amides is 1. The van der Waals surface area contributed by atoms with Crippen molar-refractivity contribution in [1.82, 2.24) is 10.6 Å². The van der Waals surface area contributed by atoms with E-state index in [4.69, 9.17) is 16.3 Å². The molecule has 1 aromatic rings. The second-order valence-electron chi connectivity index (χ2n) is 5.59. The highest BCUT2D eigenvalue weighted by Gasteiger charge is 2.15. The molecule has 0 aliphatic rings. The summed E-state index contributed by atoms with van der Waals surface area (Å²) in [4.78, 5) is 11.4. The van der Waals surface area contributed by atoms with E-state index >= 15 is 0 Å². The Morgan fingerprint density at radius 2 is 2.05 bits per heavy atom. The molecule has 5 heteroatoms. The molecule has 1 amide bonds. The number of benzene rings is 1. The summed E-state index contributed by atoms with van der Waals surface area (Å²) in [6, 6.07) is 7.75. The van der Waals surface area contributed by atoms with Gasteiger partial charge in [-0.05, 0) is 51.4 Å². The molecule has 4 nitrogen and oxygen atoms in total. The number of halogens is 1. The Bertz CT molecular complexity index is 430. The van der Waals surface area contributed by atoms with E-state index in [9.17, 15) is 4.79 Å². The first-order valence-corrected chi connectivity index (χ1v) is 7.16. The van der Waals surface area contributed by atoms with Crippen molar-refractivity contribution in [3.05, 3.63) is 34.9 Å². The fraction of sp³-hybridized carbons (Fsp3) is 0.533. The van der Waals surface area contributed by atoms with Gasteiger partial charge in [0.1, 0.15) is 5.60 Å². The van der Waals surface area contributed by atoms with Crippen molar-refractivity contribution < 1.29 is 9.53 Å². The fourth-order valence-corrected chi connectivity index (χ4v) is 1.81. The lowest BCUT2D eigenvalue weighted by molar-refractivity contribution is 0.0527. The van der Waals surface area contributed by atoms with Crippen LogP contribution in [0, 0.1) is 0 Å². The molecule has 1 aromatic carbocycles. The minimum absolute atomic E-state index is 0.368. The predicted molar refractivity (Wildman–Crippen MR) is 82.0 cm³/mol. The van der Waals surface area contributed by atoms with Gasteiger partial charge in [0.25, 0.3) is 0 Å². The number of carbonyl (C=O) groups is 1. The number of hydrogen-bond donors (Lipinski definition) is 2. The Morgan fingerprint density at radius 1 is 1.30 bits per heavy atom. The highest BCUT2D eigenvalue weighted by molar-refractivity contribution is 6.30. The van der Waals surface area contributed by atoms with E-state index in [0.717, 1.165) is 30.1 Å². The van der Waals surface area contributed by atoms with E-state index in [2.05, 4.69) is 10.6 Å². The summed E-state index contributed by atoms with van der Waals surface area (Å²) in [7, 11) is 0. The Balaban J connectivity index is 2.07. The Hall–Kier alpha value is -1.26. The topological polar surface area (TPSA) is 50.4 Å². The zero-order chi connectivity index (χ0) is 15.0. The molecule has 0 spiro atoms. The number of alkyl carbamates (subject to hydrolysis) is 1. The van der Waals surface area contributed by atoms with Crippen LogP contribution in [0.25, 0.3) is 0 Å². The molecule has 0 aromatic heterocycles. The van der Waals surface area contributed by atoms with Crippen LogP contribution < -0.4 is 10.6 Å². The monoisotopic (exact) mass is 298 g/mol. The molecule has 0 bridgehead atoms. The molecule has 20 heavy (non-hydrogen) atoms. The maximum atomic E-state index is 11.4. The number of hydrogen-bond acceptors (Lipinski definition) is 3. The van der Waals surface area contributed by atoms with Crippen LogP contribution in [-0.4, -0.2) is 24.8 Å². The van der Waals surface area contributed by atoms with Gasteiger partial charge in [-0.2, -0.15) is 0 Å². The third-order valence-corrected chi connectivity index (χ3v) is 2.65. The zero-order valence-corrected chi connectivity index (χ0v) is 13.1. The van der Waals surface area contributed by atoms with Crippen molar-refractivity contribution in [2.24, 2.45) is 0 Å². The average Bonchev–Trinajstić information content (AvgIpc) is 2.31. The second-order valence-corrected chi connectivity index (χ2v) is 6.03. The van der Waals surface area contributed by atoms with E-state index in [1.807, 2.05) is 45.0 Å². The molecule has 1 rings (SSSR count). The maximum Gasteiger partial charge on any atom is 0.407 e. The first kappa shape index (κ1) is 16.8. The van der Waals surface area contributed by atoms with E-state index in [0.29, 0.717) is 6.54 Å². The van der Waals surface area contributed by atoms with Crippen LogP contribution in [-0.2, 0) is 11.3 Å². The first-order chi connectivity index (χ1) is 9.37. The molecule has 0 saturated carbocycles. The van der Waals surface area contributed by atoms with Crippen LogP contribution in [0.3, 0.4) is 0 Å². The van der Waals surface area contributed by atoms with Crippen molar-refractivity contribution in [3.63, 3.8) is 0 Å². The Labute approximate surface area is 125 Å². The van der Waals surface area contributed by atoms with Gasteiger partial charge in [0, 0.05) is 18.1 Å². The SMILES string of the molecule is CC(C)(C)OC(=O)NCCCNCc1cccc(Cl)c1. The molecule has 0 aliphatic carbocycles. The molecule has 2 N–H and O–H groups in total. The predicted octanol–water partition coefficient (Wildman–Crippen LogP) is 3.34. The summed E-state index contributed by atoms with van der Waals surface area (Å²) >= 11 is 5.91. The molecule has 0 unspecified atom stereocenters. The summed E-state index contributed by atoms with van der Waals surface area (Å²) in [6.07, 6.45) is 0.479. The molecular weight excluding hydrogens is 276 g/mol. The molecule has 0 aliphatic heterocycles. The Morgan fingerprint density at radius 3 is 2.70 bits per heavy atom. The van der Waals surface area contributed by atoms with Gasteiger partial charge in [-0.1, -0.05) is 23.7 Å². The summed E-state index contributed by atoms with van der Waals surface area (Å²) in [5, 5.41) is 6.77. The van der Waals surface area contributed by atoms with Crippen molar-refractivity contribution in [1.29, 1.82) is 0 Å². The molecule has 0 radical (unpaired) electrons. The third-order valence-electron chi connectivity index (χ3n) is 2.42. The number of rotatable bonds is 6. The highest BCUT2D eigenvalue weighted by Crippen LogP contribution is 2.10. The Kier molecular flexibility index (Phi) is 6.82. The molecule has 0 fully saturated rings. The normalized spacial score (nSPS) is 11.2. The molecule has 0 heterocycles. The standard InChI is InChI=1S/C15H23ClN2O2/c1-15(2,3)20-14(19)18-9-5-8-17-11-12-6-4-7-13(16)10-12/h4,6-7,10,17H,5,8-9,11H2,1-3H3,(H,18,19). The lowest BCUT2D eigenvalue weighted by Gasteiger charge is -2.19. The quantitative estimate of drug-likeness (QED) is 0.792. The van der Waals surface area contributed by atoms with Gasteiger partial charge in [0.2, 0.25) is 0 Å². The van der Waals surface area contributed by atoms with Gasteiger partial charge in [0.15, 0.2) is 0 Å². The van der Waals surface area contributed by atoms with Crippen molar-refractivity contribution in [2.75, 3.05) is 13.1 Å². The van der Waals surface area contributed by atoms with Gasteiger partial charge in [0.05, 0.1) is 0 Å². The summed E-state index contributed by atoms with van der Waals surface area (Å²) in [6.45, 7) is 7.73. The minimum Gasteiger partial charge on any atom is -0.444 e. The van der Waals surface area contributed by atoms with Crippen molar-refractivity contribution in [3.8, 4) is 0 Å². The maximum absolute atomic E-state index is 11.4. The van der Waals surface area contributed by atoms with Gasteiger partial charge in [-0.3, -0.25) is 0 Å². The molecular formula is C15H23ClN2O2. The van der Waals surface area contributed by atoms with Gasteiger partial charge >= 0.3 is 6.09 Å². The lowest BCUT2D eigenvalue weighted by Crippen LogP contribution is -2.33. The van der Waals surface area contributed by atoms with Crippen LogP contribution in [0.15, 0.2) is 24.3 Å². The first-order valence-electron chi connectivity index (χ1n) is 6.79.